The number of piperazine rings is 1. The van der Waals surface area contributed by atoms with Crippen LogP contribution in [0.3, 0.4) is 0 Å². The zero-order chi connectivity index (χ0) is 19.1. The molecule has 1 aromatic carbocycles. The molecule has 2 heterocycles. The zero-order valence-electron chi connectivity index (χ0n) is 14.2. The first kappa shape index (κ1) is 19.1. The normalized spacial score (nSPS) is 22.1. The highest BCUT2D eigenvalue weighted by molar-refractivity contribution is 7.88. The van der Waals surface area contributed by atoms with Crippen LogP contribution in [0, 0.1) is 11.7 Å². The van der Waals surface area contributed by atoms with E-state index in [0.29, 0.717) is 18.8 Å². The highest BCUT2D eigenvalue weighted by Crippen LogP contribution is 2.29. The third-order valence-corrected chi connectivity index (χ3v) is 6.30. The minimum atomic E-state index is -3.27. The molecule has 1 aromatic rings. The molecular weight excluding hydrogens is 385 g/mol. The molecule has 2 aliphatic heterocycles. The molecule has 3 rings (SSSR count). The van der Waals surface area contributed by atoms with Crippen LogP contribution in [-0.4, -0.2) is 68.4 Å². The molecule has 0 radical (unpaired) electrons. The summed E-state index contributed by atoms with van der Waals surface area (Å²) in [5, 5.41) is -0.0815. The number of amides is 2. The second kappa shape index (κ2) is 7.13. The smallest absolute Gasteiger partial charge is 0.228 e. The van der Waals surface area contributed by atoms with E-state index in [1.165, 1.54) is 27.4 Å². The lowest BCUT2D eigenvalue weighted by atomic mass is 10.1. The second-order valence-corrected chi connectivity index (χ2v) is 8.88. The van der Waals surface area contributed by atoms with Gasteiger partial charge in [-0.25, -0.2) is 12.8 Å². The van der Waals surface area contributed by atoms with Gasteiger partial charge >= 0.3 is 0 Å². The van der Waals surface area contributed by atoms with Crippen molar-refractivity contribution in [2.75, 3.05) is 43.9 Å². The Morgan fingerprint density at radius 2 is 1.88 bits per heavy atom. The molecule has 2 saturated heterocycles. The van der Waals surface area contributed by atoms with Gasteiger partial charge in [-0.3, -0.25) is 9.59 Å². The maximum Gasteiger partial charge on any atom is 0.228 e. The molecular formula is C16H19ClFN3O4S. The van der Waals surface area contributed by atoms with Gasteiger partial charge < -0.3 is 9.80 Å². The van der Waals surface area contributed by atoms with Crippen LogP contribution in [-0.2, 0) is 19.6 Å². The average Bonchev–Trinajstić information content (AvgIpc) is 2.98. The average molecular weight is 404 g/mol. The van der Waals surface area contributed by atoms with Gasteiger partial charge in [0.1, 0.15) is 5.82 Å². The number of halogens is 2. The first-order valence-corrected chi connectivity index (χ1v) is 10.4. The fourth-order valence-electron chi connectivity index (χ4n) is 3.27. The van der Waals surface area contributed by atoms with E-state index in [1.807, 2.05) is 0 Å². The highest BCUT2D eigenvalue weighted by atomic mass is 35.5. The molecule has 2 fully saturated rings. The molecule has 0 N–H and O–H groups in total. The predicted octanol–water partition coefficient (Wildman–Crippen LogP) is 0.936. The van der Waals surface area contributed by atoms with E-state index in [2.05, 4.69) is 0 Å². The Hall–Kier alpha value is -1.71. The Balaban J connectivity index is 1.65. The van der Waals surface area contributed by atoms with E-state index in [9.17, 15) is 22.4 Å². The Morgan fingerprint density at radius 1 is 1.23 bits per heavy atom. The third kappa shape index (κ3) is 3.84. The fourth-order valence-corrected chi connectivity index (χ4v) is 4.28. The van der Waals surface area contributed by atoms with E-state index in [-0.39, 0.29) is 42.9 Å². The van der Waals surface area contributed by atoms with Crippen molar-refractivity contribution in [1.82, 2.24) is 9.21 Å². The number of carbonyl (C=O) groups is 2. The highest BCUT2D eigenvalue weighted by Gasteiger charge is 2.38. The van der Waals surface area contributed by atoms with Crippen LogP contribution in [0.15, 0.2) is 18.2 Å². The van der Waals surface area contributed by atoms with Crippen molar-refractivity contribution >= 4 is 39.1 Å². The van der Waals surface area contributed by atoms with Crippen LogP contribution in [0.2, 0.25) is 5.02 Å². The SMILES string of the molecule is CS(=O)(=O)N1CCN(C(=O)[C@H]2CC(=O)N(c3ccc(F)c(Cl)c3)C2)CC1. The molecule has 10 heteroatoms. The summed E-state index contributed by atoms with van der Waals surface area (Å²) in [5.41, 5.74) is 0.457. The Bertz CT molecular complexity index is 840. The Morgan fingerprint density at radius 3 is 2.46 bits per heavy atom. The number of hydrogen-bond donors (Lipinski definition) is 0. The predicted molar refractivity (Wildman–Crippen MR) is 94.9 cm³/mol. The topological polar surface area (TPSA) is 78.0 Å². The van der Waals surface area contributed by atoms with Crippen molar-refractivity contribution in [3.8, 4) is 0 Å². The molecule has 2 aliphatic rings. The summed E-state index contributed by atoms with van der Waals surface area (Å²) in [5.74, 6) is -1.46. The molecule has 0 aromatic heterocycles. The Kier molecular flexibility index (Phi) is 5.23. The van der Waals surface area contributed by atoms with Crippen molar-refractivity contribution < 1.29 is 22.4 Å². The number of carbonyl (C=O) groups excluding carboxylic acids is 2. The molecule has 0 saturated carbocycles. The van der Waals surface area contributed by atoms with Gasteiger partial charge in [-0.1, -0.05) is 11.6 Å². The number of anilines is 1. The van der Waals surface area contributed by atoms with Crippen LogP contribution in [0.4, 0.5) is 10.1 Å². The van der Waals surface area contributed by atoms with Crippen LogP contribution >= 0.6 is 11.6 Å². The van der Waals surface area contributed by atoms with Crippen LogP contribution < -0.4 is 4.90 Å². The van der Waals surface area contributed by atoms with Crippen molar-refractivity contribution in [1.29, 1.82) is 0 Å². The molecule has 1 atom stereocenters. The number of benzene rings is 1. The molecule has 7 nitrogen and oxygen atoms in total. The lowest BCUT2D eigenvalue weighted by Crippen LogP contribution is -2.51. The van der Waals surface area contributed by atoms with Crippen molar-refractivity contribution in [2.45, 2.75) is 6.42 Å². The quantitative estimate of drug-likeness (QED) is 0.752. The number of rotatable bonds is 3. The van der Waals surface area contributed by atoms with Gasteiger partial charge in [0.15, 0.2) is 0 Å². The van der Waals surface area contributed by atoms with Crippen molar-refractivity contribution in [2.24, 2.45) is 5.92 Å². The van der Waals surface area contributed by atoms with Gasteiger partial charge in [0.05, 0.1) is 17.2 Å². The van der Waals surface area contributed by atoms with Gasteiger partial charge in [0.2, 0.25) is 21.8 Å². The standard InChI is InChI=1S/C16H19ClFN3O4S/c1-26(24,25)20-6-4-19(5-7-20)16(23)11-8-15(22)21(10-11)12-2-3-14(18)13(17)9-12/h2-3,9,11H,4-8,10H2,1H3/t11-/m0/s1. The van der Waals surface area contributed by atoms with Gasteiger partial charge in [-0.15, -0.1) is 0 Å². The Labute approximate surface area is 156 Å². The molecule has 142 valence electrons. The molecule has 0 bridgehead atoms. The maximum atomic E-state index is 13.3. The summed E-state index contributed by atoms with van der Waals surface area (Å²) in [6.45, 7) is 1.31. The molecule has 0 unspecified atom stereocenters. The lowest BCUT2D eigenvalue weighted by molar-refractivity contribution is -0.136. The van der Waals surface area contributed by atoms with Gasteiger partial charge in [-0.2, -0.15) is 4.31 Å². The van der Waals surface area contributed by atoms with E-state index in [0.717, 1.165) is 6.26 Å². The third-order valence-electron chi connectivity index (χ3n) is 4.71. The summed E-state index contributed by atoms with van der Waals surface area (Å²) < 4.78 is 37.7. The van der Waals surface area contributed by atoms with E-state index >= 15 is 0 Å². The van der Waals surface area contributed by atoms with Crippen molar-refractivity contribution in [3.05, 3.63) is 29.0 Å². The number of hydrogen-bond acceptors (Lipinski definition) is 4. The van der Waals surface area contributed by atoms with Crippen LogP contribution in [0.25, 0.3) is 0 Å². The van der Waals surface area contributed by atoms with Crippen LogP contribution in [0.5, 0.6) is 0 Å². The van der Waals surface area contributed by atoms with Gasteiger partial charge in [-0.05, 0) is 18.2 Å². The fraction of sp³-hybridized carbons (Fsp3) is 0.500. The lowest BCUT2D eigenvalue weighted by Gasteiger charge is -2.34. The minimum Gasteiger partial charge on any atom is -0.340 e. The summed E-state index contributed by atoms with van der Waals surface area (Å²) in [7, 11) is -3.27. The monoisotopic (exact) mass is 403 g/mol. The number of sulfonamides is 1. The number of nitrogens with zero attached hydrogens (tertiary/aromatic N) is 3. The summed E-state index contributed by atoms with van der Waals surface area (Å²) in [6, 6.07) is 4.01. The molecule has 0 spiro atoms. The second-order valence-electron chi connectivity index (χ2n) is 6.49. The molecule has 0 aliphatic carbocycles. The largest absolute Gasteiger partial charge is 0.340 e. The summed E-state index contributed by atoms with van der Waals surface area (Å²) in [6.07, 6.45) is 1.21. The maximum absolute atomic E-state index is 13.3. The van der Waals surface area contributed by atoms with E-state index in [4.69, 9.17) is 11.6 Å². The van der Waals surface area contributed by atoms with Gasteiger partial charge in [0.25, 0.3) is 0 Å². The first-order valence-electron chi connectivity index (χ1n) is 8.16. The zero-order valence-corrected chi connectivity index (χ0v) is 15.8. The van der Waals surface area contributed by atoms with Crippen molar-refractivity contribution in [3.63, 3.8) is 0 Å². The molecule has 2 amide bonds. The van der Waals surface area contributed by atoms with Crippen LogP contribution in [0.1, 0.15) is 6.42 Å². The minimum absolute atomic E-state index is 0.0696. The van der Waals surface area contributed by atoms with E-state index < -0.39 is 21.8 Å². The summed E-state index contributed by atoms with van der Waals surface area (Å²) in [4.78, 5) is 28.0. The van der Waals surface area contributed by atoms with Gasteiger partial charge in [0, 0.05) is 44.8 Å². The first-order chi connectivity index (χ1) is 12.2. The molecule has 26 heavy (non-hydrogen) atoms. The van der Waals surface area contributed by atoms with E-state index in [1.54, 1.807) is 4.90 Å². The summed E-state index contributed by atoms with van der Waals surface area (Å²) >= 11 is 5.77.